The summed E-state index contributed by atoms with van der Waals surface area (Å²) < 4.78 is 3.86. The van der Waals surface area contributed by atoms with E-state index in [2.05, 4.69) is 76.3 Å². The van der Waals surface area contributed by atoms with Gasteiger partial charge in [0.25, 0.3) is 0 Å². The van der Waals surface area contributed by atoms with Crippen molar-refractivity contribution < 1.29 is 0 Å². The Kier molecular flexibility index (Phi) is 7.31. The predicted octanol–water partition coefficient (Wildman–Crippen LogP) is 3.43. The van der Waals surface area contributed by atoms with Gasteiger partial charge in [-0.3, -0.25) is 9.36 Å². The molecule has 0 amide bonds. The van der Waals surface area contributed by atoms with Crippen LogP contribution in [0.5, 0.6) is 0 Å². The van der Waals surface area contributed by atoms with E-state index < -0.39 is 0 Å². The summed E-state index contributed by atoms with van der Waals surface area (Å²) in [5.41, 5.74) is 4.86. The van der Waals surface area contributed by atoms with Crippen LogP contribution >= 0.6 is 0 Å². The van der Waals surface area contributed by atoms with Crippen molar-refractivity contribution >= 4 is 5.96 Å². The van der Waals surface area contributed by atoms with E-state index in [0.717, 1.165) is 25.6 Å². The average Bonchev–Trinajstić information content (AvgIpc) is 3.51. The van der Waals surface area contributed by atoms with Crippen LogP contribution in [-0.2, 0) is 26.2 Å². The summed E-state index contributed by atoms with van der Waals surface area (Å²) >= 11 is 0. The molecule has 0 radical (unpaired) electrons. The molecular weight excluding hydrogens is 398 g/mol. The van der Waals surface area contributed by atoms with Gasteiger partial charge in [0.2, 0.25) is 0 Å². The van der Waals surface area contributed by atoms with E-state index in [0.29, 0.717) is 13.1 Å². The maximum Gasteiger partial charge on any atom is 0.191 e. The third-order valence-corrected chi connectivity index (χ3v) is 5.12. The topological polar surface area (TPSA) is 72.1 Å². The fourth-order valence-corrected chi connectivity index (χ4v) is 3.55. The number of nitrogens with zero attached hydrogens (tertiary/aromatic N) is 5. The van der Waals surface area contributed by atoms with Gasteiger partial charge in [-0.05, 0) is 41.3 Å². The second kappa shape index (κ2) is 10.9. The summed E-state index contributed by atoms with van der Waals surface area (Å²) in [7, 11) is 0. The van der Waals surface area contributed by atoms with Crippen molar-refractivity contribution in [1.82, 2.24) is 30.2 Å². The lowest BCUT2D eigenvalue weighted by Crippen LogP contribution is -2.37. The van der Waals surface area contributed by atoms with Gasteiger partial charge in [-0.25, -0.2) is 4.99 Å². The highest BCUT2D eigenvalue weighted by molar-refractivity contribution is 5.79. The first-order chi connectivity index (χ1) is 15.8. The molecule has 0 aliphatic carbocycles. The fraction of sp³-hybridized carbons (Fsp3) is 0.240. The summed E-state index contributed by atoms with van der Waals surface area (Å²) in [6, 6.07) is 20.8. The number of hydrogen-bond donors (Lipinski definition) is 2. The third kappa shape index (κ3) is 6.07. The standard InChI is InChI=1S/C25H29N7/c1-2-26-25(27-17-21-8-5-9-22(16-21)19-31-14-6-12-29-31)28-18-23-10-3-4-11-24(23)20-32-15-7-13-30-32/h3-16H,2,17-20H2,1H3,(H2,26,27,28). The highest BCUT2D eigenvalue weighted by Gasteiger charge is 2.05. The van der Waals surface area contributed by atoms with Gasteiger partial charge in [0.1, 0.15) is 0 Å². The molecule has 0 atom stereocenters. The monoisotopic (exact) mass is 427 g/mol. The number of rotatable bonds is 9. The zero-order valence-corrected chi connectivity index (χ0v) is 18.4. The Bertz CT molecular complexity index is 1110. The van der Waals surface area contributed by atoms with Gasteiger partial charge in [0.15, 0.2) is 5.96 Å². The minimum Gasteiger partial charge on any atom is -0.357 e. The van der Waals surface area contributed by atoms with Crippen LogP contribution < -0.4 is 10.6 Å². The number of hydrogen-bond acceptors (Lipinski definition) is 3. The van der Waals surface area contributed by atoms with Crippen LogP contribution in [0.15, 0.2) is 90.4 Å². The Balaban J connectivity index is 1.40. The third-order valence-electron chi connectivity index (χ3n) is 5.12. The Morgan fingerprint density at radius 2 is 1.53 bits per heavy atom. The van der Waals surface area contributed by atoms with Gasteiger partial charge < -0.3 is 10.6 Å². The maximum absolute atomic E-state index is 4.80. The largest absolute Gasteiger partial charge is 0.357 e. The molecule has 2 N–H and O–H groups in total. The molecule has 0 aliphatic heterocycles. The molecular formula is C25H29N7. The Hall–Kier alpha value is -3.87. The Morgan fingerprint density at radius 1 is 0.812 bits per heavy atom. The lowest BCUT2D eigenvalue weighted by molar-refractivity contribution is 0.677. The lowest BCUT2D eigenvalue weighted by Gasteiger charge is -2.14. The number of benzene rings is 2. The maximum atomic E-state index is 4.80. The molecule has 32 heavy (non-hydrogen) atoms. The van der Waals surface area contributed by atoms with Gasteiger partial charge in [0.05, 0.1) is 19.6 Å². The lowest BCUT2D eigenvalue weighted by atomic mass is 10.1. The zero-order valence-electron chi connectivity index (χ0n) is 18.4. The van der Waals surface area contributed by atoms with Crippen molar-refractivity contribution in [3.05, 3.63) is 108 Å². The fourth-order valence-electron chi connectivity index (χ4n) is 3.55. The van der Waals surface area contributed by atoms with Crippen LogP contribution in [0.25, 0.3) is 0 Å². The van der Waals surface area contributed by atoms with Crippen LogP contribution in [0.4, 0.5) is 0 Å². The zero-order chi connectivity index (χ0) is 22.0. The SMILES string of the molecule is CCNC(=NCc1cccc(Cn2cccn2)c1)NCc1ccccc1Cn1cccn1. The molecule has 0 unspecified atom stereocenters. The van der Waals surface area contributed by atoms with Crippen molar-refractivity contribution in [2.75, 3.05) is 6.54 Å². The molecule has 2 heterocycles. The second-order valence-corrected chi connectivity index (χ2v) is 7.54. The summed E-state index contributed by atoms with van der Waals surface area (Å²) in [5, 5.41) is 15.4. The summed E-state index contributed by atoms with van der Waals surface area (Å²) in [6.07, 6.45) is 7.56. The molecule has 0 aliphatic rings. The van der Waals surface area contributed by atoms with Crippen molar-refractivity contribution in [3.8, 4) is 0 Å². The van der Waals surface area contributed by atoms with Crippen LogP contribution in [-0.4, -0.2) is 32.1 Å². The minimum atomic E-state index is 0.608. The van der Waals surface area contributed by atoms with Gasteiger partial charge in [-0.1, -0.05) is 48.5 Å². The first kappa shape index (κ1) is 21.4. The van der Waals surface area contributed by atoms with E-state index in [1.807, 2.05) is 33.9 Å². The molecule has 4 aromatic rings. The number of aliphatic imine (C=N–C) groups is 1. The first-order valence-electron chi connectivity index (χ1n) is 10.9. The first-order valence-corrected chi connectivity index (χ1v) is 10.9. The van der Waals surface area contributed by atoms with Crippen molar-refractivity contribution in [2.45, 2.75) is 33.1 Å². The summed E-state index contributed by atoms with van der Waals surface area (Å²) in [5.74, 6) is 0.805. The van der Waals surface area contributed by atoms with Gasteiger partial charge >= 0.3 is 0 Å². The highest BCUT2D eigenvalue weighted by atomic mass is 15.3. The quantitative estimate of drug-likeness (QED) is 0.317. The molecule has 0 fully saturated rings. The predicted molar refractivity (Wildman–Crippen MR) is 127 cm³/mol. The molecule has 0 spiro atoms. The number of nitrogens with one attached hydrogen (secondary N) is 2. The Morgan fingerprint density at radius 3 is 2.25 bits per heavy atom. The smallest absolute Gasteiger partial charge is 0.191 e. The van der Waals surface area contributed by atoms with E-state index in [9.17, 15) is 0 Å². The van der Waals surface area contributed by atoms with E-state index >= 15 is 0 Å². The molecule has 4 rings (SSSR count). The molecule has 0 bridgehead atoms. The van der Waals surface area contributed by atoms with Crippen LogP contribution in [0.1, 0.15) is 29.2 Å². The molecule has 2 aromatic heterocycles. The highest BCUT2D eigenvalue weighted by Crippen LogP contribution is 2.11. The molecule has 164 valence electrons. The van der Waals surface area contributed by atoms with Crippen molar-refractivity contribution in [1.29, 1.82) is 0 Å². The molecule has 0 saturated heterocycles. The number of aromatic nitrogens is 4. The summed E-state index contributed by atoms with van der Waals surface area (Å²) in [4.78, 5) is 4.80. The van der Waals surface area contributed by atoms with Crippen LogP contribution in [0.2, 0.25) is 0 Å². The average molecular weight is 428 g/mol. The molecule has 0 saturated carbocycles. The van der Waals surface area contributed by atoms with Crippen molar-refractivity contribution in [2.24, 2.45) is 4.99 Å². The van der Waals surface area contributed by atoms with Crippen LogP contribution in [0, 0.1) is 0 Å². The van der Waals surface area contributed by atoms with E-state index in [-0.39, 0.29) is 0 Å². The number of guanidine groups is 1. The van der Waals surface area contributed by atoms with Gasteiger partial charge in [0, 0.05) is 37.9 Å². The molecule has 2 aromatic carbocycles. The van der Waals surface area contributed by atoms with Gasteiger partial charge in [-0.15, -0.1) is 0 Å². The van der Waals surface area contributed by atoms with Crippen molar-refractivity contribution in [3.63, 3.8) is 0 Å². The van der Waals surface area contributed by atoms with Crippen LogP contribution in [0.3, 0.4) is 0 Å². The normalized spacial score (nSPS) is 11.5. The minimum absolute atomic E-state index is 0.608. The van der Waals surface area contributed by atoms with E-state index in [1.54, 1.807) is 12.4 Å². The summed E-state index contributed by atoms with van der Waals surface area (Å²) in [6.45, 7) is 5.70. The molecule has 7 heteroatoms. The molecule has 7 nitrogen and oxygen atoms in total. The Labute approximate surface area is 188 Å². The van der Waals surface area contributed by atoms with E-state index in [4.69, 9.17) is 4.99 Å². The second-order valence-electron chi connectivity index (χ2n) is 7.54. The van der Waals surface area contributed by atoms with E-state index in [1.165, 1.54) is 22.3 Å². The van der Waals surface area contributed by atoms with Gasteiger partial charge in [-0.2, -0.15) is 10.2 Å².